The van der Waals surface area contributed by atoms with Crippen molar-refractivity contribution in [3.8, 4) is 0 Å². The van der Waals surface area contributed by atoms with E-state index in [2.05, 4.69) is 52.0 Å². The molecule has 1 aromatic carbocycles. The molecule has 1 nitrogen and oxygen atoms in total. The van der Waals surface area contributed by atoms with Crippen molar-refractivity contribution in [2.45, 2.75) is 56.2 Å². The summed E-state index contributed by atoms with van der Waals surface area (Å²) in [6.45, 7) is 8.89. The van der Waals surface area contributed by atoms with Gasteiger partial charge in [0, 0.05) is 15.7 Å². The molecule has 0 saturated heterocycles. The van der Waals surface area contributed by atoms with Crippen molar-refractivity contribution in [2.24, 2.45) is 5.73 Å². The summed E-state index contributed by atoms with van der Waals surface area (Å²) in [5, 5.41) is 0. The van der Waals surface area contributed by atoms with Crippen LogP contribution in [0.1, 0.15) is 52.1 Å². The van der Waals surface area contributed by atoms with E-state index in [9.17, 15) is 0 Å². The third kappa shape index (κ3) is 4.18. The Hall–Kier alpha value is -0.470. The third-order valence-corrected chi connectivity index (χ3v) is 3.54. The molecule has 0 fully saturated rings. The Morgan fingerprint density at radius 1 is 1.25 bits per heavy atom. The normalized spacial score (nSPS) is 13.8. The number of benzene rings is 1. The van der Waals surface area contributed by atoms with Crippen LogP contribution < -0.4 is 5.73 Å². The summed E-state index contributed by atoms with van der Waals surface area (Å²) >= 11 is 1.90. The smallest absolute Gasteiger partial charge is 0.0305 e. The summed E-state index contributed by atoms with van der Waals surface area (Å²) < 4.78 is 0.238. The highest BCUT2D eigenvalue weighted by Crippen LogP contribution is 2.36. The Balaban J connectivity index is 2.91. The Morgan fingerprint density at radius 3 is 2.44 bits per heavy atom. The van der Waals surface area contributed by atoms with E-state index in [0.29, 0.717) is 0 Å². The third-order valence-electron chi connectivity index (χ3n) is 2.33. The number of hydrogen-bond donors (Lipinski definition) is 1. The molecule has 0 spiro atoms. The first-order chi connectivity index (χ1) is 7.44. The molecular weight excluding hydrogens is 214 g/mol. The van der Waals surface area contributed by atoms with Crippen molar-refractivity contribution in [1.82, 2.24) is 0 Å². The van der Waals surface area contributed by atoms with E-state index >= 15 is 0 Å². The van der Waals surface area contributed by atoms with Crippen LogP contribution >= 0.6 is 11.8 Å². The molecule has 0 radical (unpaired) electrons. The lowest BCUT2D eigenvalue weighted by molar-refractivity contribution is 0.628. The van der Waals surface area contributed by atoms with Crippen LogP contribution in [0.3, 0.4) is 0 Å². The van der Waals surface area contributed by atoms with E-state index in [1.807, 2.05) is 11.8 Å². The minimum absolute atomic E-state index is 0.177. The SMILES string of the molecule is CCC[C@@H](N)c1ccccc1SC(C)(C)C. The minimum atomic E-state index is 0.177. The first kappa shape index (κ1) is 13.6. The average molecular weight is 237 g/mol. The van der Waals surface area contributed by atoms with E-state index in [1.165, 1.54) is 10.5 Å². The molecule has 2 heteroatoms. The summed E-state index contributed by atoms with van der Waals surface area (Å²) in [4.78, 5) is 1.33. The summed E-state index contributed by atoms with van der Waals surface area (Å²) in [5.74, 6) is 0. The maximum absolute atomic E-state index is 6.21. The molecule has 0 aliphatic heterocycles. The molecule has 90 valence electrons. The fourth-order valence-corrected chi connectivity index (χ4v) is 2.82. The monoisotopic (exact) mass is 237 g/mol. The largest absolute Gasteiger partial charge is 0.324 e. The van der Waals surface area contributed by atoms with Crippen LogP contribution in [0.2, 0.25) is 0 Å². The van der Waals surface area contributed by atoms with Gasteiger partial charge < -0.3 is 5.73 Å². The van der Waals surface area contributed by atoms with Gasteiger partial charge in [-0.3, -0.25) is 0 Å². The first-order valence-electron chi connectivity index (χ1n) is 5.97. The maximum Gasteiger partial charge on any atom is 0.0305 e. The van der Waals surface area contributed by atoms with Gasteiger partial charge in [-0.05, 0) is 18.1 Å². The first-order valence-corrected chi connectivity index (χ1v) is 6.79. The van der Waals surface area contributed by atoms with Crippen molar-refractivity contribution in [2.75, 3.05) is 0 Å². The maximum atomic E-state index is 6.21. The molecule has 0 saturated carbocycles. The van der Waals surface area contributed by atoms with Crippen LogP contribution in [0.4, 0.5) is 0 Å². The molecule has 0 heterocycles. The van der Waals surface area contributed by atoms with Crippen molar-refractivity contribution in [1.29, 1.82) is 0 Å². The Morgan fingerprint density at radius 2 is 1.88 bits per heavy atom. The molecule has 1 rings (SSSR count). The lowest BCUT2D eigenvalue weighted by Gasteiger charge is -2.22. The fraction of sp³-hybridized carbons (Fsp3) is 0.571. The highest BCUT2D eigenvalue weighted by Gasteiger charge is 2.16. The van der Waals surface area contributed by atoms with Crippen LogP contribution in [-0.2, 0) is 0 Å². The minimum Gasteiger partial charge on any atom is -0.324 e. The zero-order valence-electron chi connectivity index (χ0n) is 10.8. The number of hydrogen-bond acceptors (Lipinski definition) is 2. The predicted octanol–water partition coefficient (Wildman–Crippen LogP) is 4.38. The quantitative estimate of drug-likeness (QED) is 0.787. The Labute approximate surface area is 104 Å². The summed E-state index contributed by atoms with van der Waals surface area (Å²) in [7, 11) is 0. The Kier molecular flexibility index (Phi) is 4.88. The van der Waals surface area contributed by atoms with Crippen LogP contribution in [0.15, 0.2) is 29.2 Å². The van der Waals surface area contributed by atoms with E-state index in [-0.39, 0.29) is 10.8 Å². The van der Waals surface area contributed by atoms with E-state index < -0.39 is 0 Å². The molecule has 0 aliphatic rings. The molecule has 0 amide bonds. The zero-order chi connectivity index (χ0) is 12.2. The van der Waals surface area contributed by atoms with Crippen molar-refractivity contribution >= 4 is 11.8 Å². The number of nitrogens with two attached hydrogens (primary N) is 1. The van der Waals surface area contributed by atoms with Gasteiger partial charge >= 0.3 is 0 Å². The summed E-state index contributed by atoms with van der Waals surface area (Å²) in [6.07, 6.45) is 2.19. The lowest BCUT2D eigenvalue weighted by atomic mass is 10.0. The molecule has 1 aromatic rings. The van der Waals surface area contributed by atoms with E-state index in [1.54, 1.807) is 0 Å². The van der Waals surface area contributed by atoms with Crippen LogP contribution in [0, 0.1) is 0 Å². The standard InChI is InChI=1S/C14H23NS/c1-5-8-12(15)11-9-6-7-10-13(11)16-14(2,3)4/h6-7,9-10,12H,5,8,15H2,1-4H3/t12-/m1/s1. The topological polar surface area (TPSA) is 26.0 Å². The van der Waals surface area contributed by atoms with Gasteiger partial charge in [-0.1, -0.05) is 52.3 Å². The predicted molar refractivity (Wildman–Crippen MR) is 73.9 cm³/mol. The lowest BCUT2D eigenvalue weighted by Crippen LogP contribution is -2.13. The van der Waals surface area contributed by atoms with Crippen LogP contribution in [0.25, 0.3) is 0 Å². The second kappa shape index (κ2) is 5.74. The number of rotatable bonds is 4. The summed E-state index contributed by atoms with van der Waals surface area (Å²) in [5.41, 5.74) is 7.51. The molecule has 2 N–H and O–H groups in total. The van der Waals surface area contributed by atoms with Gasteiger partial charge in [0.1, 0.15) is 0 Å². The van der Waals surface area contributed by atoms with Crippen LogP contribution in [-0.4, -0.2) is 4.75 Å². The molecule has 0 bridgehead atoms. The van der Waals surface area contributed by atoms with Gasteiger partial charge in [-0.2, -0.15) is 0 Å². The molecule has 1 atom stereocenters. The van der Waals surface area contributed by atoms with Gasteiger partial charge in [-0.15, -0.1) is 11.8 Å². The van der Waals surface area contributed by atoms with Crippen molar-refractivity contribution in [3.63, 3.8) is 0 Å². The van der Waals surface area contributed by atoms with Gasteiger partial charge in [0.25, 0.3) is 0 Å². The van der Waals surface area contributed by atoms with Gasteiger partial charge in [0.2, 0.25) is 0 Å². The highest BCUT2D eigenvalue weighted by molar-refractivity contribution is 8.00. The number of thioether (sulfide) groups is 1. The second-order valence-corrected chi connectivity index (χ2v) is 7.02. The van der Waals surface area contributed by atoms with E-state index in [0.717, 1.165) is 12.8 Å². The average Bonchev–Trinajstić information content (AvgIpc) is 2.16. The fourth-order valence-electron chi connectivity index (χ4n) is 1.68. The van der Waals surface area contributed by atoms with Crippen molar-refractivity contribution < 1.29 is 0 Å². The molecule has 16 heavy (non-hydrogen) atoms. The second-order valence-electron chi connectivity index (χ2n) is 5.15. The molecule has 0 unspecified atom stereocenters. The zero-order valence-corrected chi connectivity index (χ0v) is 11.6. The van der Waals surface area contributed by atoms with Gasteiger partial charge in [-0.25, -0.2) is 0 Å². The molecule has 0 aliphatic carbocycles. The van der Waals surface area contributed by atoms with Gasteiger partial charge in [0.15, 0.2) is 0 Å². The van der Waals surface area contributed by atoms with E-state index in [4.69, 9.17) is 5.73 Å². The van der Waals surface area contributed by atoms with Gasteiger partial charge in [0.05, 0.1) is 0 Å². The Bertz CT molecular complexity index is 328. The highest BCUT2D eigenvalue weighted by atomic mass is 32.2. The summed E-state index contributed by atoms with van der Waals surface area (Å²) in [6, 6.07) is 8.69. The molecular formula is C14H23NS. The molecule has 0 aromatic heterocycles. The van der Waals surface area contributed by atoms with Crippen molar-refractivity contribution in [3.05, 3.63) is 29.8 Å². The van der Waals surface area contributed by atoms with Crippen LogP contribution in [0.5, 0.6) is 0 Å².